The molecule has 2 aliphatic heterocycles. The number of rotatable bonds is 5. The number of hydrogen-bond acceptors (Lipinski definition) is 6. The average molecular weight is 460 g/mol. The molecule has 8 heteroatoms. The van der Waals surface area contributed by atoms with Gasteiger partial charge in [0, 0.05) is 56.7 Å². The first kappa shape index (κ1) is 22.3. The number of hydrogen-bond donors (Lipinski definition) is 1. The average Bonchev–Trinajstić information content (AvgIpc) is 3.43. The van der Waals surface area contributed by atoms with Crippen LogP contribution in [-0.2, 0) is 20.0 Å². The molecule has 0 saturated heterocycles. The first-order valence-electron chi connectivity index (χ1n) is 11.8. The van der Waals surface area contributed by atoms with E-state index < -0.39 is 0 Å². The van der Waals surface area contributed by atoms with Crippen LogP contribution in [0.3, 0.4) is 0 Å². The lowest BCUT2D eigenvalue weighted by Gasteiger charge is -2.32. The second kappa shape index (κ2) is 8.04. The molecule has 0 saturated carbocycles. The summed E-state index contributed by atoms with van der Waals surface area (Å²) < 4.78 is 1.83. The van der Waals surface area contributed by atoms with E-state index >= 15 is 0 Å². The zero-order chi connectivity index (χ0) is 24.2. The van der Waals surface area contributed by atoms with Gasteiger partial charge in [-0.25, -0.2) is 4.98 Å². The van der Waals surface area contributed by atoms with Gasteiger partial charge in [0.1, 0.15) is 12.0 Å². The molecule has 34 heavy (non-hydrogen) atoms. The Morgan fingerprint density at radius 1 is 1.18 bits per heavy atom. The fraction of sp³-hybridized carbons (Fsp3) is 0.423. The van der Waals surface area contributed by atoms with Crippen molar-refractivity contribution in [2.75, 3.05) is 35.3 Å². The van der Waals surface area contributed by atoms with Gasteiger partial charge in [0.15, 0.2) is 0 Å². The van der Waals surface area contributed by atoms with E-state index in [1.807, 2.05) is 42.3 Å². The van der Waals surface area contributed by atoms with Crippen LogP contribution < -0.4 is 20.0 Å². The van der Waals surface area contributed by atoms with Gasteiger partial charge in [-0.05, 0) is 63.1 Å². The molecule has 2 aliphatic rings. The molecule has 4 heterocycles. The van der Waals surface area contributed by atoms with Gasteiger partial charge in [0.25, 0.3) is 5.91 Å². The smallest absolute Gasteiger partial charge is 0.251 e. The summed E-state index contributed by atoms with van der Waals surface area (Å²) in [6, 6.07) is 10.3. The number of fused-ring (bicyclic) bond motifs is 2. The van der Waals surface area contributed by atoms with Gasteiger partial charge in [-0.1, -0.05) is 0 Å². The van der Waals surface area contributed by atoms with Crippen molar-refractivity contribution in [3.8, 4) is 0 Å². The molecule has 1 aromatic carbocycles. The maximum atomic E-state index is 12.3. The van der Waals surface area contributed by atoms with E-state index in [0.717, 1.165) is 41.4 Å². The van der Waals surface area contributed by atoms with Crippen LogP contribution in [0.25, 0.3) is 0 Å². The molecule has 2 aromatic heterocycles. The molecule has 0 aliphatic carbocycles. The molecule has 0 spiro atoms. The highest BCUT2D eigenvalue weighted by molar-refractivity contribution is 5.97. The lowest BCUT2D eigenvalue weighted by Crippen LogP contribution is -2.41. The number of benzene rings is 1. The number of pyridine rings is 1. The van der Waals surface area contributed by atoms with Crippen molar-refractivity contribution in [1.82, 2.24) is 20.1 Å². The molecule has 5 rings (SSSR count). The molecule has 8 nitrogen and oxygen atoms in total. The van der Waals surface area contributed by atoms with Crippen LogP contribution in [0.5, 0.6) is 0 Å². The van der Waals surface area contributed by atoms with Gasteiger partial charge in [0.2, 0.25) is 0 Å². The van der Waals surface area contributed by atoms with Gasteiger partial charge in [-0.15, -0.1) is 0 Å². The SMILES string of the molecule is CCN1c2ncc(C3N(C)c4cc(C(=O)NC)ccc4N3Cc3ccn(C)n3)cc2CC1(C)C. The van der Waals surface area contributed by atoms with Gasteiger partial charge < -0.3 is 20.0 Å². The van der Waals surface area contributed by atoms with E-state index in [9.17, 15) is 4.79 Å². The number of carbonyl (C=O) groups is 1. The van der Waals surface area contributed by atoms with E-state index in [2.05, 4.69) is 65.1 Å². The highest BCUT2D eigenvalue weighted by Gasteiger charge is 2.39. The van der Waals surface area contributed by atoms with E-state index in [-0.39, 0.29) is 17.6 Å². The Morgan fingerprint density at radius 3 is 2.65 bits per heavy atom. The van der Waals surface area contributed by atoms with Gasteiger partial charge in [-0.2, -0.15) is 5.10 Å². The first-order valence-corrected chi connectivity index (χ1v) is 11.8. The third-order valence-corrected chi connectivity index (χ3v) is 7.11. The molecule has 0 radical (unpaired) electrons. The van der Waals surface area contributed by atoms with E-state index in [1.54, 1.807) is 7.05 Å². The van der Waals surface area contributed by atoms with E-state index in [4.69, 9.17) is 4.98 Å². The Labute approximate surface area is 201 Å². The van der Waals surface area contributed by atoms with Gasteiger partial charge in [-0.3, -0.25) is 9.48 Å². The van der Waals surface area contributed by atoms with Gasteiger partial charge in [0.05, 0.1) is 23.6 Å². The lowest BCUT2D eigenvalue weighted by atomic mass is 9.98. The van der Waals surface area contributed by atoms with Crippen molar-refractivity contribution >= 4 is 23.1 Å². The summed E-state index contributed by atoms with van der Waals surface area (Å²) in [5, 5.41) is 7.36. The van der Waals surface area contributed by atoms with Crippen molar-refractivity contribution in [3.05, 3.63) is 65.1 Å². The maximum absolute atomic E-state index is 12.3. The van der Waals surface area contributed by atoms with Crippen molar-refractivity contribution in [2.24, 2.45) is 7.05 Å². The fourth-order valence-electron chi connectivity index (χ4n) is 5.57. The molecule has 1 amide bonds. The van der Waals surface area contributed by atoms with Crippen molar-refractivity contribution in [3.63, 3.8) is 0 Å². The Morgan fingerprint density at radius 2 is 1.97 bits per heavy atom. The normalized spacial score (nSPS) is 18.3. The number of nitrogens with zero attached hydrogens (tertiary/aromatic N) is 6. The number of aryl methyl sites for hydroxylation is 1. The molecule has 3 aromatic rings. The highest BCUT2D eigenvalue weighted by atomic mass is 16.1. The lowest BCUT2D eigenvalue weighted by molar-refractivity contribution is 0.0963. The molecule has 1 atom stereocenters. The fourth-order valence-corrected chi connectivity index (χ4v) is 5.57. The van der Waals surface area contributed by atoms with E-state index in [0.29, 0.717) is 12.1 Å². The number of anilines is 3. The van der Waals surface area contributed by atoms with Crippen LogP contribution in [0, 0.1) is 0 Å². The summed E-state index contributed by atoms with van der Waals surface area (Å²) in [4.78, 5) is 24.3. The van der Waals surface area contributed by atoms with Crippen LogP contribution in [-0.4, -0.2) is 46.9 Å². The van der Waals surface area contributed by atoms with E-state index in [1.165, 1.54) is 5.56 Å². The van der Waals surface area contributed by atoms with Crippen LogP contribution in [0.1, 0.15) is 54.1 Å². The van der Waals surface area contributed by atoms with Crippen LogP contribution in [0.15, 0.2) is 42.7 Å². The number of nitrogens with one attached hydrogen (secondary N) is 1. The Balaban J connectivity index is 1.58. The van der Waals surface area contributed by atoms with Gasteiger partial charge >= 0.3 is 0 Å². The number of likely N-dealkylation sites (N-methyl/N-ethyl adjacent to an activating group) is 1. The minimum absolute atomic E-state index is 0.0477. The highest BCUT2D eigenvalue weighted by Crippen LogP contribution is 2.47. The van der Waals surface area contributed by atoms with Crippen molar-refractivity contribution in [1.29, 1.82) is 0 Å². The zero-order valence-corrected chi connectivity index (χ0v) is 20.8. The molecular formula is C26H33N7O. The summed E-state index contributed by atoms with van der Waals surface area (Å²) in [6.07, 6.45) is 4.91. The summed E-state index contributed by atoms with van der Waals surface area (Å²) >= 11 is 0. The third kappa shape index (κ3) is 3.48. The summed E-state index contributed by atoms with van der Waals surface area (Å²) in [6.45, 7) is 8.35. The first-order chi connectivity index (χ1) is 16.2. The zero-order valence-electron chi connectivity index (χ0n) is 20.8. The van der Waals surface area contributed by atoms with Crippen LogP contribution >= 0.6 is 0 Å². The Hall–Kier alpha value is -3.55. The third-order valence-electron chi connectivity index (χ3n) is 7.11. The topological polar surface area (TPSA) is 69.5 Å². The maximum Gasteiger partial charge on any atom is 0.251 e. The quantitative estimate of drug-likeness (QED) is 0.630. The molecule has 1 unspecified atom stereocenters. The van der Waals surface area contributed by atoms with Crippen LogP contribution in [0.4, 0.5) is 17.2 Å². The minimum atomic E-state index is -0.0861. The summed E-state index contributed by atoms with van der Waals surface area (Å²) in [5.41, 5.74) is 6.25. The number of aromatic nitrogens is 3. The molecule has 0 fully saturated rings. The second-order valence-corrected chi connectivity index (χ2v) is 9.86. The van der Waals surface area contributed by atoms with Crippen molar-refractivity contribution in [2.45, 2.75) is 45.4 Å². The Kier molecular flexibility index (Phi) is 5.26. The standard InChI is InChI=1S/C26H33N7O/c1-7-33-23-18(14-26(33,2)3)12-19(15-28-23)25-31(6)22-13-17(24(34)27-4)8-9-21(22)32(25)16-20-10-11-30(5)29-20/h8-13,15,25H,7,14,16H2,1-6H3,(H,27,34). The number of carbonyl (C=O) groups excluding carboxylic acids is 1. The molecular weight excluding hydrogens is 426 g/mol. The van der Waals surface area contributed by atoms with Crippen LogP contribution in [0.2, 0.25) is 0 Å². The number of amides is 1. The predicted molar refractivity (Wildman–Crippen MR) is 135 cm³/mol. The minimum Gasteiger partial charge on any atom is -0.355 e. The molecule has 1 N–H and O–H groups in total. The largest absolute Gasteiger partial charge is 0.355 e. The second-order valence-electron chi connectivity index (χ2n) is 9.86. The Bertz CT molecular complexity index is 1250. The summed E-state index contributed by atoms with van der Waals surface area (Å²) in [5.74, 6) is 1.00. The predicted octanol–water partition coefficient (Wildman–Crippen LogP) is 3.49. The summed E-state index contributed by atoms with van der Waals surface area (Å²) in [7, 11) is 5.68. The molecule has 0 bridgehead atoms. The van der Waals surface area contributed by atoms with Crippen molar-refractivity contribution < 1.29 is 4.79 Å². The molecule has 178 valence electrons. The monoisotopic (exact) mass is 459 g/mol.